The number of hydrogen-bond acceptors (Lipinski definition) is 1. The summed E-state index contributed by atoms with van der Waals surface area (Å²) in [5.41, 5.74) is 1.66. The minimum atomic E-state index is -0.0627. The van der Waals surface area contributed by atoms with Crippen LogP contribution in [0, 0.1) is 17.3 Å². The lowest BCUT2D eigenvalue weighted by atomic mass is 9.75. The average Bonchev–Trinajstić information content (AvgIpc) is 2.14. The van der Waals surface area contributed by atoms with E-state index < -0.39 is 0 Å². The second-order valence-electron chi connectivity index (χ2n) is 4.25. The molecule has 0 heterocycles. The smallest absolute Gasteiger partial charge is 0.104 e. The predicted molar refractivity (Wildman–Crippen MR) is 59.7 cm³/mol. The van der Waals surface area contributed by atoms with Gasteiger partial charge in [-0.1, -0.05) is 37.8 Å². The lowest BCUT2D eigenvalue weighted by Gasteiger charge is -2.29. The van der Waals surface area contributed by atoms with Crippen LogP contribution in [-0.2, 0) is 0 Å². The van der Waals surface area contributed by atoms with Gasteiger partial charge in [0.1, 0.15) is 6.61 Å². The Morgan fingerprint density at radius 1 is 1.57 bits per heavy atom. The minimum Gasteiger partial charge on any atom is -0.384 e. The van der Waals surface area contributed by atoms with Crippen LogP contribution in [0.4, 0.5) is 0 Å². The molecule has 0 unspecified atom stereocenters. The normalized spacial score (nSPS) is 20.1. The summed E-state index contributed by atoms with van der Waals surface area (Å²) in [4.78, 5) is 0. The maximum Gasteiger partial charge on any atom is 0.104 e. The summed E-state index contributed by atoms with van der Waals surface area (Å²) in [5, 5.41) is 8.48. The van der Waals surface area contributed by atoms with Crippen LogP contribution in [0.1, 0.15) is 33.1 Å². The van der Waals surface area contributed by atoms with E-state index in [9.17, 15) is 0 Å². The molecule has 0 aromatic heterocycles. The van der Waals surface area contributed by atoms with Crippen LogP contribution in [0.25, 0.3) is 0 Å². The molecule has 1 aliphatic carbocycles. The molecule has 1 N–H and O–H groups in total. The highest BCUT2D eigenvalue weighted by Crippen LogP contribution is 2.36. The van der Waals surface area contributed by atoms with E-state index in [1.54, 1.807) is 0 Å². The summed E-state index contributed by atoms with van der Waals surface area (Å²) in [6.07, 6.45) is 9.90. The van der Waals surface area contributed by atoms with Crippen LogP contribution in [-0.4, -0.2) is 11.7 Å². The van der Waals surface area contributed by atoms with Gasteiger partial charge in [-0.3, -0.25) is 0 Å². The van der Waals surface area contributed by atoms with Crippen molar-refractivity contribution < 1.29 is 5.11 Å². The first-order valence-electron chi connectivity index (χ1n) is 5.13. The number of rotatable bonds is 1. The predicted octanol–water partition coefficient (Wildman–Crippen LogP) is 2.67. The van der Waals surface area contributed by atoms with Crippen LogP contribution in [0.2, 0.25) is 0 Å². The maximum atomic E-state index is 8.48. The summed E-state index contributed by atoms with van der Waals surface area (Å²) >= 11 is 0. The van der Waals surface area contributed by atoms with Crippen molar-refractivity contribution in [2.45, 2.75) is 33.1 Å². The van der Waals surface area contributed by atoms with Crippen LogP contribution >= 0.6 is 0 Å². The monoisotopic (exact) mass is 190 g/mol. The van der Waals surface area contributed by atoms with Crippen molar-refractivity contribution in [1.82, 2.24) is 0 Å². The van der Waals surface area contributed by atoms with Crippen molar-refractivity contribution in [3.8, 4) is 11.8 Å². The quantitative estimate of drug-likeness (QED) is 0.630. The summed E-state index contributed by atoms with van der Waals surface area (Å²) in [6, 6.07) is 0. The zero-order chi connectivity index (χ0) is 10.4. The minimum absolute atomic E-state index is 0.0627. The standard InChI is InChI=1S/C13H18O/c1-13(2)10-6-5-9-12(13)8-4-3-7-11-14/h4,8-9,14H,5-6,10-11H2,1-2H3/b8-4+. The largest absolute Gasteiger partial charge is 0.384 e. The van der Waals surface area contributed by atoms with E-state index in [1.165, 1.54) is 24.8 Å². The number of aliphatic hydroxyl groups is 1. The molecule has 1 heteroatoms. The topological polar surface area (TPSA) is 20.2 Å². The van der Waals surface area contributed by atoms with Crippen molar-refractivity contribution in [2.75, 3.05) is 6.61 Å². The first kappa shape index (κ1) is 11.1. The number of aliphatic hydroxyl groups excluding tert-OH is 1. The highest BCUT2D eigenvalue weighted by Gasteiger charge is 2.23. The van der Waals surface area contributed by atoms with Gasteiger partial charge in [0, 0.05) is 0 Å². The molecule has 0 saturated carbocycles. The van der Waals surface area contributed by atoms with E-state index in [2.05, 4.69) is 37.8 Å². The molecule has 14 heavy (non-hydrogen) atoms. The third-order valence-electron chi connectivity index (χ3n) is 2.68. The van der Waals surface area contributed by atoms with Crippen LogP contribution in [0.3, 0.4) is 0 Å². The van der Waals surface area contributed by atoms with Gasteiger partial charge in [-0.15, -0.1) is 0 Å². The molecular weight excluding hydrogens is 172 g/mol. The van der Waals surface area contributed by atoms with Gasteiger partial charge < -0.3 is 5.11 Å². The van der Waals surface area contributed by atoms with Crippen molar-refractivity contribution in [1.29, 1.82) is 0 Å². The highest BCUT2D eigenvalue weighted by molar-refractivity contribution is 5.31. The Morgan fingerprint density at radius 2 is 2.36 bits per heavy atom. The molecule has 0 radical (unpaired) electrons. The van der Waals surface area contributed by atoms with Crippen LogP contribution in [0.15, 0.2) is 23.8 Å². The Bertz CT molecular complexity index is 297. The lowest BCUT2D eigenvalue weighted by molar-refractivity contribution is 0.350. The van der Waals surface area contributed by atoms with Gasteiger partial charge in [-0.2, -0.15) is 0 Å². The fraction of sp³-hybridized carbons (Fsp3) is 0.538. The van der Waals surface area contributed by atoms with Gasteiger partial charge in [0.2, 0.25) is 0 Å². The molecule has 1 aliphatic rings. The second kappa shape index (κ2) is 5.02. The zero-order valence-electron chi connectivity index (χ0n) is 9.01. The molecule has 0 aromatic carbocycles. The first-order valence-corrected chi connectivity index (χ1v) is 5.13. The summed E-state index contributed by atoms with van der Waals surface area (Å²) < 4.78 is 0. The summed E-state index contributed by atoms with van der Waals surface area (Å²) in [5.74, 6) is 5.41. The molecule has 0 spiro atoms. The van der Waals surface area contributed by atoms with Gasteiger partial charge in [0.15, 0.2) is 0 Å². The molecular formula is C13H18O. The Morgan fingerprint density at radius 3 is 3.00 bits per heavy atom. The van der Waals surface area contributed by atoms with Gasteiger partial charge in [0.05, 0.1) is 0 Å². The number of hydrogen-bond donors (Lipinski definition) is 1. The molecule has 0 amide bonds. The Hall–Kier alpha value is -1.00. The lowest BCUT2D eigenvalue weighted by Crippen LogP contribution is -2.16. The molecule has 0 bridgehead atoms. The molecule has 1 nitrogen and oxygen atoms in total. The van der Waals surface area contributed by atoms with Crippen molar-refractivity contribution >= 4 is 0 Å². The van der Waals surface area contributed by atoms with Gasteiger partial charge >= 0.3 is 0 Å². The second-order valence-corrected chi connectivity index (χ2v) is 4.25. The zero-order valence-corrected chi connectivity index (χ0v) is 9.01. The van der Waals surface area contributed by atoms with E-state index in [4.69, 9.17) is 5.11 Å². The number of allylic oxidation sites excluding steroid dienone is 4. The van der Waals surface area contributed by atoms with E-state index in [1.807, 2.05) is 6.08 Å². The fourth-order valence-corrected chi connectivity index (χ4v) is 1.75. The first-order chi connectivity index (χ1) is 6.67. The highest BCUT2D eigenvalue weighted by atomic mass is 16.2. The van der Waals surface area contributed by atoms with E-state index in [0.717, 1.165) is 0 Å². The molecule has 0 fully saturated rings. The SMILES string of the molecule is CC1(C)CCCC=C1/C=C/C#CCO. The van der Waals surface area contributed by atoms with E-state index in [0.29, 0.717) is 0 Å². The fourth-order valence-electron chi connectivity index (χ4n) is 1.75. The summed E-state index contributed by atoms with van der Waals surface area (Å²) in [6.45, 7) is 4.47. The van der Waals surface area contributed by atoms with Gasteiger partial charge in [0.25, 0.3) is 0 Å². The van der Waals surface area contributed by atoms with Crippen LogP contribution in [0.5, 0.6) is 0 Å². The average molecular weight is 190 g/mol. The van der Waals surface area contributed by atoms with Crippen LogP contribution < -0.4 is 0 Å². The van der Waals surface area contributed by atoms with Gasteiger partial charge in [-0.25, -0.2) is 0 Å². The van der Waals surface area contributed by atoms with E-state index in [-0.39, 0.29) is 12.0 Å². The maximum absolute atomic E-state index is 8.48. The molecule has 76 valence electrons. The Labute approximate surface area is 86.5 Å². The molecule has 0 aromatic rings. The third-order valence-corrected chi connectivity index (χ3v) is 2.68. The van der Waals surface area contributed by atoms with Crippen molar-refractivity contribution in [2.24, 2.45) is 5.41 Å². The third kappa shape index (κ3) is 3.05. The van der Waals surface area contributed by atoms with Gasteiger partial charge in [-0.05, 0) is 36.3 Å². The Kier molecular flexibility index (Phi) is 3.98. The molecule has 0 atom stereocenters. The molecule has 0 aliphatic heterocycles. The van der Waals surface area contributed by atoms with Crippen molar-refractivity contribution in [3.63, 3.8) is 0 Å². The van der Waals surface area contributed by atoms with Crippen molar-refractivity contribution in [3.05, 3.63) is 23.8 Å². The summed E-state index contributed by atoms with van der Waals surface area (Å²) in [7, 11) is 0. The molecule has 1 rings (SSSR count). The molecule has 0 saturated heterocycles. The van der Waals surface area contributed by atoms with E-state index >= 15 is 0 Å². The Balaban J connectivity index is 2.67.